The molecule has 0 aliphatic heterocycles. The molecule has 78 valence electrons. The predicted octanol–water partition coefficient (Wildman–Crippen LogP) is 3.51. The second kappa shape index (κ2) is 4.59. The molecule has 0 radical (unpaired) electrons. The molecule has 0 amide bonds. The minimum Gasteiger partial charge on any atom is -0.299 e. The lowest BCUT2D eigenvalue weighted by Gasteiger charge is -2.30. The van der Waals surface area contributed by atoms with Crippen molar-refractivity contribution in [3.63, 3.8) is 0 Å². The second-order valence-corrected chi connectivity index (χ2v) is 4.97. The number of allylic oxidation sites excluding steroid dienone is 4. The number of aldehydes is 1. The Morgan fingerprint density at radius 2 is 2.14 bits per heavy atom. The fourth-order valence-corrected chi connectivity index (χ4v) is 2.07. The van der Waals surface area contributed by atoms with E-state index in [1.165, 1.54) is 24.8 Å². The van der Waals surface area contributed by atoms with Crippen molar-refractivity contribution in [1.29, 1.82) is 0 Å². The molecule has 1 unspecified atom stereocenters. The van der Waals surface area contributed by atoms with E-state index in [4.69, 9.17) is 0 Å². The highest BCUT2D eigenvalue weighted by Crippen LogP contribution is 2.36. The summed E-state index contributed by atoms with van der Waals surface area (Å²) >= 11 is 0. The average Bonchev–Trinajstić information content (AvgIpc) is 2.14. The van der Waals surface area contributed by atoms with Gasteiger partial charge in [-0.25, -0.2) is 0 Å². The van der Waals surface area contributed by atoms with Crippen molar-refractivity contribution >= 4 is 6.29 Å². The Bertz CT molecular complexity index is 253. The minimum absolute atomic E-state index is 0.104. The van der Waals surface area contributed by atoms with Gasteiger partial charge in [0, 0.05) is 0 Å². The van der Waals surface area contributed by atoms with Crippen LogP contribution in [0, 0.1) is 11.3 Å². The zero-order valence-electron chi connectivity index (χ0n) is 9.42. The van der Waals surface area contributed by atoms with Gasteiger partial charge in [-0.15, -0.1) is 0 Å². The molecule has 1 nitrogen and oxygen atoms in total. The maximum Gasteiger partial charge on any atom is 0.142 e. The third kappa shape index (κ3) is 2.83. The van der Waals surface area contributed by atoms with Crippen LogP contribution in [-0.2, 0) is 4.79 Å². The number of hydrogen-bond acceptors (Lipinski definition) is 1. The fourth-order valence-electron chi connectivity index (χ4n) is 2.07. The Labute approximate surface area is 86.9 Å². The molecule has 0 heterocycles. The van der Waals surface area contributed by atoms with Gasteiger partial charge in [-0.3, -0.25) is 4.79 Å². The van der Waals surface area contributed by atoms with E-state index in [9.17, 15) is 4.79 Å². The van der Waals surface area contributed by atoms with E-state index in [2.05, 4.69) is 32.9 Å². The van der Waals surface area contributed by atoms with E-state index in [0.29, 0.717) is 5.92 Å². The Balaban J connectivity index is 2.88. The van der Waals surface area contributed by atoms with Gasteiger partial charge >= 0.3 is 0 Å². The molecule has 0 N–H and O–H groups in total. The third-order valence-corrected chi connectivity index (χ3v) is 2.77. The predicted molar refractivity (Wildman–Crippen MR) is 60.1 cm³/mol. The van der Waals surface area contributed by atoms with E-state index in [1.54, 1.807) is 6.08 Å². The second-order valence-electron chi connectivity index (χ2n) is 4.97. The van der Waals surface area contributed by atoms with Gasteiger partial charge in [0.25, 0.3) is 0 Å². The summed E-state index contributed by atoms with van der Waals surface area (Å²) in [5, 5.41) is 0. The number of hydrogen-bond donors (Lipinski definition) is 0. The Kier molecular flexibility index (Phi) is 3.68. The van der Waals surface area contributed by atoms with Gasteiger partial charge in [0.2, 0.25) is 0 Å². The van der Waals surface area contributed by atoms with E-state index in [1.807, 2.05) is 0 Å². The van der Waals surface area contributed by atoms with Crippen LogP contribution in [0.3, 0.4) is 0 Å². The Morgan fingerprint density at radius 3 is 2.57 bits per heavy atom. The zero-order chi connectivity index (χ0) is 10.6. The number of rotatable bonds is 2. The first kappa shape index (κ1) is 11.2. The minimum atomic E-state index is 0.104. The highest BCUT2D eigenvalue weighted by Gasteiger charge is 2.24. The standard InChI is InChI=1S/C13H20O/c1-13(2,3)12(9-10-14)11-7-5-4-6-8-11/h5,7,9-11H,4,6,8H2,1-3H3/b12-9-. The summed E-state index contributed by atoms with van der Waals surface area (Å²) in [6.45, 7) is 6.51. The maximum absolute atomic E-state index is 10.6. The summed E-state index contributed by atoms with van der Waals surface area (Å²) in [5.74, 6) is 0.481. The molecule has 0 fully saturated rings. The fraction of sp³-hybridized carbons (Fsp3) is 0.615. The first-order valence-electron chi connectivity index (χ1n) is 5.38. The largest absolute Gasteiger partial charge is 0.299 e. The summed E-state index contributed by atoms with van der Waals surface area (Å²) in [4.78, 5) is 10.6. The lowest BCUT2D eigenvalue weighted by molar-refractivity contribution is -0.104. The summed E-state index contributed by atoms with van der Waals surface area (Å²) in [5.41, 5.74) is 1.37. The topological polar surface area (TPSA) is 17.1 Å². The van der Waals surface area contributed by atoms with Crippen molar-refractivity contribution in [3.05, 3.63) is 23.8 Å². The van der Waals surface area contributed by atoms with Gasteiger partial charge in [0.15, 0.2) is 0 Å². The van der Waals surface area contributed by atoms with Gasteiger partial charge in [-0.05, 0) is 36.7 Å². The van der Waals surface area contributed by atoms with Gasteiger partial charge < -0.3 is 0 Å². The Hall–Kier alpha value is -0.850. The van der Waals surface area contributed by atoms with E-state index in [-0.39, 0.29) is 5.41 Å². The molecule has 0 aromatic heterocycles. The van der Waals surface area contributed by atoms with Crippen molar-refractivity contribution in [3.8, 4) is 0 Å². The lowest BCUT2D eigenvalue weighted by Crippen LogP contribution is -2.18. The van der Waals surface area contributed by atoms with Crippen molar-refractivity contribution in [2.24, 2.45) is 11.3 Å². The van der Waals surface area contributed by atoms with Gasteiger partial charge in [0.05, 0.1) is 0 Å². The molecule has 1 rings (SSSR count). The zero-order valence-corrected chi connectivity index (χ0v) is 9.42. The van der Waals surface area contributed by atoms with Gasteiger partial charge in [0.1, 0.15) is 6.29 Å². The van der Waals surface area contributed by atoms with Crippen LogP contribution in [0.2, 0.25) is 0 Å². The molecular formula is C13H20O. The maximum atomic E-state index is 10.6. The molecule has 0 aromatic rings. The summed E-state index contributed by atoms with van der Waals surface area (Å²) in [7, 11) is 0. The van der Waals surface area contributed by atoms with Crippen LogP contribution in [0.1, 0.15) is 40.0 Å². The smallest absolute Gasteiger partial charge is 0.142 e. The summed E-state index contributed by atoms with van der Waals surface area (Å²) in [6.07, 6.45) is 10.8. The Morgan fingerprint density at radius 1 is 1.43 bits per heavy atom. The molecule has 14 heavy (non-hydrogen) atoms. The number of carbonyl (C=O) groups excluding carboxylic acids is 1. The first-order chi connectivity index (χ1) is 6.55. The molecule has 0 spiro atoms. The molecule has 0 saturated heterocycles. The van der Waals surface area contributed by atoms with Crippen molar-refractivity contribution in [2.45, 2.75) is 40.0 Å². The van der Waals surface area contributed by atoms with Gasteiger partial charge in [-0.1, -0.05) is 38.5 Å². The van der Waals surface area contributed by atoms with E-state index < -0.39 is 0 Å². The molecule has 1 aliphatic rings. The van der Waals surface area contributed by atoms with Crippen molar-refractivity contribution < 1.29 is 4.79 Å². The first-order valence-corrected chi connectivity index (χ1v) is 5.38. The third-order valence-electron chi connectivity index (χ3n) is 2.77. The van der Waals surface area contributed by atoms with E-state index >= 15 is 0 Å². The highest BCUT2D eigenvalue weighted by molar-refractivity contribution is 5.67. The summed E-state index contributed by atoms with van der Waals surface area (Å²) < 4.78 is 0. The molecule has 1 atom stereocenters. The van der Waals surface area contributed by atoms with Crippen molar-refractivity contribution in [1.82, 2.24) is 0 Å². The molecule has 0 aromatic carbocycles. The molecule has 0 saturated carbocycles. The summed E-state index contributed by atoms with van der Waals surface area (Å²) in [6, 6.07) is 0. The number of carbonyl (C=O) groups is 1. The van der Waals surface area contributed by atoms with Crippen LogP contribution >= 0.6 is 0 Å². The SMILES string of the molecule is CC(C)(C)/C(=C\C=O)C1C=CCCC1. The normalized spacial score (nSPS) is 23.6. The monoisotopic (exact) mass is 192 g/mol. The molecule has 1 aliphatic carbocycles. The van der Waals surface area contributed by atoms with Gasteiger partial charge in [-0.2, -0.15) is 0 Å². The van der Waals surface area contributed by atoms with Crippen LogP contribution in [0.4, 0.5) is 0 Å². The molecule has 1 heteroatoms. The molecule has 0 bridgehead atoms. The van der Waals surface area contributed by atoms with Crippen LogP contribution in [0.15, 0.2) is 23.8 Å². The average molecular weight is 192 g/mol. The highest BCUT2D eigenvalue weighted by atomic mass is 16.1. The van der Waals surface area contributed by atoms with E-state index in [0.717, 1.165) is 6.29 Å². The van der Waals surface area contributed by atoms with Crippen molar-refractivity contribution in [2.75, 3.05) is 0 Å². The van der Waals surface area contributed by atoms with Crippen LogP contribution < -0.4 is 0 Å². The molecular weight excluding hydrogens is 172 g/mol. The van der Waals surface area contributed by atoms with Crippen LogP contribution in [0.5, 0.6) is 0 Å². The quantitative estimate of drug-likeness (QED) is 0.372. The van der Waals surface area contributed by atoms with Crippen LogP contribution in [0.25, 0.3) is 0 Å². The lowest BCUT2D eigenvalue weighted by atomic mass is 9.75. The van der Waals surface area contributed by atoms with Crippen LogP contribution in [-0.4, -0.2) is 6.29 Å².